The number of hydrogen-bond acceptors (Lipinski definition) is 5. The summed E-state index contributed by atoms with van der Waals surface area (Å²) < 4.78 is 11.1. The predicted octanol–water partition coefficient (Wildman–Crippen LogP) is 6.04. The van der Waals surface area contributed by atoms with E-state index in [2.05, 4.69) is 17.1 Å². The van der Waals surface area contributed by atoms with E-state index in [1.807, 2.05) is 30.3 Å². The smallest absolute Gasteiger partial charge is 0.345 e. The molecule has 1 N–H and O–H groups in total. The standard InChI is InChI=1S/C28H21ClN2O4/c1-2-17-34-21-14-11-20(12-15-21)27(32)31-30-18-24-22-8-4-3-7-19(22)13-16-26(24)35-28(33)23-9-5-6-10-25(23)29/h2-16,18H,1,17H2,(H,31,32). The lowest BCUT2D eigenvalue weighted by Gasteiger charge is -2.11. The number of benzene rings is 4. The molecule has 4 rings (SSSR count). The zero-order valence-corrected chi connectivity index (χ0v) is 19.4. The summed E-state index contributed by atoms with van der Waals surface area (Å²) in [6.45, 7) is 3.98. The lowest BCUT2D eigenvalue weighted by atomic mass is 10.0. The van der Waals surface area contributed by atoms with Gasteiger partial charge in [0.2, 0.25) is 0 Å². The molecule has 0 saturated carbocycles. The van der Waals surface area contributed by atoms with Crippen molar-refractivity contribution in [1.82, 2.24) is 5.43 Å². The van der Waals surface area contributed by atoms with Gasteiger partial charge in [0.15, 0.2) is 0 Å². The number of amides is 1. The van der Waals surface area contributed by atoms with Crippen molar-refractivity contribution in [2.45, 2.75) is 0 Å². The molecule has 4 aromatic rings. The van der Waals surface area contributed by atoms with Gasteiger partial charge in [-0.15, -0.1) is 0 Å². The first-order valence-corrected chi connectivity index (χ1v) is 11.1. The normalized spacial score (nSPS) is 10.8. The molecule has 6 nitrogen and oxygen atoms in total. The summed E-state index contributed by atoms with van der Waals surface area (Å²) in [5, 5.41) is 6.13. The first kappa shape index (κ1) is 23.7. The van der Waals surface area contributed by atoms with Crippen molar-refractivity contribution in [3.05, 3.63) is 119 Å². The van der Waals surface area contributed by atoms with Gasteiger partial charge >= 0.3 is 5.97 Å². The maximum atomic E-state index is 12.7. The molecule has 0 aromatic heterocycles. The summed E-state index contributed by atoms with van der Waals surface area (Å²) in [7, 11) is 0. The molecule has 0 aliphatic rings. The van der Waals surface area contributed by atoms with Crippen LogP contribution in [-0.2, 0) is 0 Å². The average molecular weight is 485 g/mol. The van der Waals surface area contributed by atoms with Crippen LogP contribution in [0.2, 0.25) is 5.02 Å². The van der Waals surface area contributed by atoms with Gasteiger partial charge < -0.3 is 9.47 Å². The van der Waals surface area contributed by atoms with E-state index in [0.29, 0.717) is 28.5 Å². The molecule has 0 atom stereocenters. The van der Waals surface area contributed by atoms with Gasteiger partial charge in [-0.05, 0) is 53.2 Å². The Morgan fingerprint density at radius 1 is 0.943 bits per heavy atom. The third kappa shape index (κ3) is 5.75. The fourth-order valence-electron chi connectivity index (χ4n) is 3.36. The van der Waals surface area contributed by atoms with E-state index in [-0.39, 0.29) is 11.3 Å². The van der Waals surface area contributed by atoms with Crippen molar-refractivity contribution in [2.75, 3.05) is 6.61 Å². The van der Waals surface area contributed by atoms with Crippen molar-refractivity contribution >= 4 is 40.5 Å². The highest BCUT2D eigenvalue weighted by Gasteiger charge is 2.16. The number of carbonyl (C=O) groups is 2. The van der Waals surface area contributed by atoms with Gasteiger partial charge in [-0.2, -0.15) is 5.10 Å². The van der Waals surface area contributed by atoms with Crippen LogP contribution >= 0.6 is 11.6 Å². The van der Waals surface area contributed by atoms with Crippen LogP contribution in [0.3, 0.4) is 0 Å². The fourth-order valence-corrected chi connectivity index (χ4v) is 3.57. The highest BCUT2D eigenvalue weighted by molar-refractivity contribution is 6.33. The Bertz CT molecular complexity index is 1410. The molecule has 4 aromatic carbocycles. The van der Waals surface area contributed by atoms with E-state index >= 15 is 0 Å². The highest BCUT2D eigenvalue weighted by Crippen LogP contribution is 2.28. The lowest BCUT2D eigenvalue weighted by molar-refractivity contribution is 0.0734. The molecule has 35 heavy (non-hydrogen) atoms. The Kier molecular flexibility index (Phi) is 7.55. The van der Waals surface area contributed by atoms with Crippen LogP contribution in [0.5, 0.6) is 11.5 Å². The summed E-state index contributed by atoms with van der Waals surface area (Å²) in [6.07, 6.45) is 3.10. The summed E-state index contributed by atoms with van der Waals surface area (Å²) in [6, 6.07) is 24.4. The Morgan fingerprint density at radius 2 is 1.69 bits per heavy atom. The molecule has 0 heterocycles. The Labute approximate surface area is 207 Å². The van der Waals surface area contributed by atoms with Crippen LogP contribution in [0.25, 0.3) is 10.8 Å². The van der Waals surface area contributed by atoms with E-state index in [1.54, 1.807) is 60.7 Å². The first-order chi connectivity index (χ1) is 17.1. The van der Waals surface area contributed by atoms with Gasteiger partial charge in [0.25, 0.3) is 5.91 Å². The molecule has 1 amide bonds. The summed E-state index contributed by atoms with van der Waals surface area (Å²) in [4.78, 5) is 25.3. The molecule has 0 aliphatic heterocycles. The van der Waals surface area contributed by atoms with Gasteiger partial charge in [-0.1, -0.05) is 66.7 Å². The maximum absolute atomic E-state index is 12.7. The largest absolute Gasteiger partial charge is 0.490 e. The Hall–Kier alpha value is -4.42. The summed E-state index contributed by atoms with van der Waals surface area (Å²) in [5.41, 5.74) is 3.71. The zero-order valence-electron chi connectivity index (χ0n) is 18.6. The van der Waals surface area contributed by atoms with Crippen LogP contribution in [0.15, 0.2) is 103 Å². The van der Waals surface area contributed by atoms with E-state index in [0.717, 1.165) is 10.8 Å². The Balaban J connectivity index is 1.56. The topological polar surface area (TPSA) is 77.0 Å². The van der Waals surface area contributed by atoms with Crippen molar-refractivity contribution in [3.63, 3.8) is 0 Å². The number of hydrazone groups is 1. The number of halogens is 1. The third-order valence-corrected chi connectivity index (χ3v) is 5.40. The van der Waals surface area contributed by atoms with Crippen LogP contribution in [0.4, 0.5) is 0 Å². The predicted molar refractivity (Wildman–Crippen MR) is 138 cm³/mol. The zero-order chi connectivity index (χ0) is 24.6. The quantitative estimate of drug-likeness (QED) is 0.109. The highest BCUT2D eigenvalue weighted by atomic mass is 35.5. The molecule has 7 heteroatoms. The minimum absolute atomic E-state index is 0.249. The van der Waals surface area contributed by atoms with Gasteiger partial charge in [-0.25, -0.2) is 10.2 Å². The first-order valence-electron chi connectivity index (χ1n) is 10.7. The number of hydrogen-bond donors (Lipinski definition) is 1. The molecular weight excluding hydrogens is 464 g/mol. The van der Waals surface area contributed by atoms with Crippen molar-refractivity contribution in [3.8, 4) is 11.5 Å². The van der Waals surface area contributed by atoms with Crippen LogP contribution in [0.1, 0.15) is 26.3 Å². The number of ether oxygens (including phenoxy) is 2. The number of esters is 1. The van der Waals surface area contributed by atoms with E-state index in [9.17, 15) is 9.59 Å². The second-order valence-electron chi connectivity index (χ2n) is 7.39. The van der Waals surface area contributed by atoms with Crippen molar-refractivity contribution in [2.24, 2.45) is 5.10 Å². The second-order valence-corrected chi connectivity index (χ2v) is 7.80. The molecule has 174 valence electrons. The van der Waals surface area contributed by atoms with Gasteiger partial charge in [0.1, 0.15) is 18.1 Å². The molecule has 0 bridgehead atoms. The van der Waals surface area contributed by atoms with E-state index < -0.39 is 11.9 Å². The van der Waals surface area contributed by atoms with E-state index in [4.69, 9.17) is 21.1 Å². The molecule has 0 spiro atoms. The maximum Gasteiger partial charge on any atom is 0.345 e. The van der Waals surface area contributed by atoms with Gasteiger partial charge in [0.05, 0.1) is 16.8 Å². The van der Waals surface area contributed by atoms with Gasteiger partial charge in [0, 0.05) is 11.1 Å². The minimum atomic E-state index is -0.594. The molecule has 0 radical (unpaired) electrons. The van der Waals surface area contributed by atoms with E-state index in [1.165, 1.54) is 6.21 Å². The SMILES string of the molecule is C=CCOc1ccc(C(=O)NN=Cc2c(OC(=O)c3ccccc3Cl)ccc3ccccc23)cc1. The number of nitrogens with one attached hydrogen (secondary N) is 1. The number of carbonyl (C=O) groups excluding carboxylic acids is 2. The van der Waals surface area contributed by atoms with Crippen LogP contribution in [0, 0.1) is 0 Å². The third-order valence-electron chi connectivity index (χ3n) is 5.07. The van der Waals surface area contributed by atoms with Crippen LogP contribution < -0.4 is 14.9 Å². The van der Waals surface area contributed by atoms with Crippen molar-refractivity contribution < 1.29 is 19.1 Å². The average Bonchev–Trinajstić information content (AvgIpc) is 2.89. The second kappa shape index (κ2) is 11.1. The monoisotopic (exact) mass is 484 g/mol. The summed E-state index contributed by atoms with van der Waals surface area (Å²) >= 11 is 6.14. The number of fused-ring (bicyclic) bond motifs is 1. The molecular formula is C28H21ClN2O4. The molecule has 0 unspecified atom stereocenters. The molecule has 0 saturated heterocycles. The fraction of sp³-hybridized carbons (Fsp3) is 0.0357. The molecule has 0 aliphatic carbocycles. The summed E-state index contributed by atoms with van der Waals surface area (Å²) in [5.74, 6) is -0.0734. The van der Waals surface area contributed by atoms with Crippen molar-refractivity contribution in [1.29, 1.82) is 0 Å². The minimum Gasteiger partial charge on any atom is -0.490 e. The number of nitrogens with zero attached hydrogens (tertiary/aromatic N) is 1. The number of rotatable bonds is 8. The Morgan fingerprint density at radius 3 is 2.46 bits per heavy atom. The van der Waals surface area contributed by atoms with Gasteiger partial charge in [-0.3, -0.25) is 4.79 Å². The molecule has 0 fully saturated rings. The lowest BCUT2D eigenvalue weighted by Crippen LogP contribution is -2.17. The van der Waals surface area contributed by atoms with Crippen LogP contribution in [-0.4, -0.2) is 24.7 Å².